The molecule has 0 aliphatic carbocycles. The van der Waals surface area contributed by atoms with Gasteiger partial charge in [-0.2, -0.15) is 0 Å². The number of hydrogen-bond acceptors (Lipinski definition) is 6. The molecule has 0 fully saturated rings. The van der Waals surface area contributed by atoms with Crippen LogP contribution in [0, 0.1) is 0 Å². The largest absolute Gasteiger partial charge is 0.545 e. The van der Waals surface area contributed by atoms with Gasteiger partial charge in [0.05, 0.1) is 18.6 Å². The minimum absolute atomic E-state index is 0.00627. The van der Waals surface area contributed by atoms with Crippen LogP contribution >= 0.6 is 0 Å². The normalized spacial score (nSPS) is 11.8. The molecule has 3 aromatic carbocycles. The molecule has 0 bridgehead atoms. The fourth-order valence-corrected chi connectivity index (χ4v) is 3.73. The number of rotatable bonds is 9. The van der Waals surface area contributed by atoms with E-state index >= 15 is 0 Å². The van der Waals surface area contributed by atoms with Gasteiger partial charge in [-0.1, -0.05) is 30.3 Å². The van der Waals surface area contributed by atoms with Crippen LogP contribution in [0.25, 0.3) is 0 Å². The van der Waals surface area contributed by atoms with E-state index in [0.29, 0.717) is 36.5 Å². The van der Waals surface area contributed by atoms with Gasteiger partial charge in [0.1, 0.15) is 18.8 Å². The predicted molar refractivity (Wildman–Crippen MR) is 117 cm³/mol. The van der Waals surface area contributed by atoms with Gasteiger partial charge in [-0.3, -0.25) is 4.79 Å². The van der Waals surface area contributed by atoms with Crippen molar-refractivity contribution in [3.8, 4) is 17.2 Å². The van der Waals surface area contributed by atoms with Crippen LogP contribution in [0.1, 0.15) is 37.4 Å². The first kappa shape index (κ1) is 22.2. The second-order valence-corrected chi connectivity index (χ2v) is 7.51. The van der Waals surface area contributed by atoms with E-state index < -0.39 is 5.97 Å². The predicted octanol–water partition coefficient (Wildman–Crippen LogP) is 0.981. The van der Waals surface area contributed by atoms with Crippen molar-refractivity contribution >= 4 is 11.9 Å². The Balaban J connectivity index is 1.40. The molecule has 170 valence electrons. The van der Waals surface area contributed by atoms with Crippen LogP contribution in [0.4, 0.5) is 0 Å². The molecule has 1 aliphatic rings. The summed E-state index contributed by atoms with van der Waals surface area (Å²) < 4.78 is 15.7. The van der Waals surface area contributed by atoms with Crippen molar-refractivity contribution in [2.45, 2.75) is 19.6 Å². The van der Waals surface area contributed by atoms with E-state index in [1.807, 2.05) is 47.8 Å². The molecule has 3 aromatic rings. The molecule has 1 amide bonds. The van der Waals surface area contributed by atoms with Gasteiger partial charge in [-0.25, -0.2) is 0 Å². The van der Waals surface area contributed by atoms with Crippen molar-refractivity contribution < 1.29 is 34.2 Å². The quantitative estimate of drug-likeness (QED) is 0.505. The highest BCUT2D eigenvalue weighted by Gasteiger charge is 2.22. The molecule has 0 atom stereocenters. The van der Waals surface area contributed by atoms with Crippen molar-refractivity contribution in [3.63, 3.8) is 0 Å². The monoisotopic (exact) mass is 448 g/mol. The molecule has 0 spiro atoms. The second kappa shape index (κ2) is 10.1. The zero-order valence-corrected chi connectivity index (χ0v) is 18.1. The Kier molecular flexibility index (Phi) is 6.75. The maximum atomic E-state index is 12.8. The van der Waals surface area contributed by atoms with Gasteiger partial charge >= 0.3 is 0 Å². The van der Waals surface area contributed by atoms with Gasteiger partial charge in [0.2, 0.25) is 6.79 Å². The first-order chi connectivity index (χ1) is 16.1. The molecule has 0 radical (unpaired) electrons. The van der Waals surface area contributed by atoms with E-state index in [2.05, 4.69) is 5.32 Å². The maximum absolute atomic E-state index is 12.8. The number of hydrogen-bond donors (Lipinski definition) is 2. The molecule has 1 aliphatic heterocycles. The van der Waals surface area contributed by atoms with Crippen LogP contribution in [-0.4, -0.2) is 25.8 Å². The van der Waals surface area contributed by atoms with Gasteiger partial charge in [0.15, 0.2) is 11.5 Å². The van der Waals surface area contributed by atoms with Crippen molar-refractivity contribution in [1.29, 1.82) is 0 Å². The number of benzene rings is 3. The number of quaternary nitrogens is 1. The molecule has 0 unspecified atom stereocenters. The number of nitrogens with two attached hydrogens (primary N) is 1. The molecular formula is C25H24N2O6. The summed E-state index contributed by atoms with van der Waals surface area (Å²) in [5, 5.41) is 16.5. The van der Waals surface area contributed by atoms with Gasteiger partial charge in [-0.05, 0) is 35.9 Å². The van der Waals surface area contributed by atoms with Gasteiger partial charge in [0, 0.05) is 23.2 Å². The molecule has 0 saturated carbocycles. The minimum Gasteiger partial charge on any atom is -0.545 e. The van der Waals surface area contributed by atoms with Crippen molar-refractivity contribution in [2.75, 3.05) is 13.9 Å². The highest BCUT2D eigenvalue weighted by Crippen LogP contribution is 2.37. The third-order valence-corrected chi connectivity index (χ3v) is 5.43. The molecule has 1 heterocycles. The van der Waals surface area contributed by atoms with Crippen LogP contribution in [0.5, 0.6) is 17.2 Å². The lowest BCUT2D eigenvalue weighted by molar-refractivity contribution is -0.686. The number of methoxy groups -OCH3 is 1. The molecule has 33 heavy (non-hydrogen) atoms. The Labute approximate surface area is 191 Å². The van der Waals surface area contributed by atoms with Crippen molar-refractivity contribution in [1.82, 2.24) is 5.32 Å². The van der Waals surface area contributed by atoms with E-state index in [9.17, 15) is 14.7 Å². The number of fused-ring (bicyclic) bond motifs is 1. The summed E-state index contributed by atoms with van der Waals surface area (Å²) >= 11 is 0. The summed E-state index contributed by atoms with van der Waals surface area (Å²) in [6.45, 7) is 1.25. The first-order valence-electron chi connectivity index (χ1n) is 10.5. The Morgan fingerprint density at radius 1 is 1.00 bits per heavy atom. The molecule has 8 heteroatoms. The smallest absolute Gasteiger partial charge is 0.252 e. The van der Waals surface area contributed by atoms with E-state index in [4.69, 9.17) is 14.2 Å². The lowest BCUT2D eigenvalue weighted by Gasteiger charge is -2.13. The molecule has 3 N–H and O–H groups in total. The van der Waals surface area contributed by atoms with Crippen LogP contribution in [0.2, 0.25) is 0 Å². The molecular weight excluding hydrogens is 424 g/mol. The minimum atomic E-state index is -1.31. The van der Waals surface area contributed by atoms with E-state index in [-0.39, 0.29) is 24.0 Å². The Morgan fingerprint density at radius 3 is 2.52 bits per heavy atom. The topological polar surface area (TPSA) is 114 Å². The second-order valence-electron chi connectivity index (χ2n) is 7.51. The molecule has 0 aromatic heterocycles. The SMILES string of the molecule is COc1ccc(CNC(=O)c2ccccc2C[NH2+]Cc2ccc3c(c2C(=O)[O-])OCO3)cc1. The molecule has 4 rings (SSSR count). The maximum Gasteiger partial charge on any atom is 0.252 e. The van der Waals surface area contributed by atoms with Gasteiger partial charge in [0.25, 0.3) is 5.91 Å². The lowest BCUT2D eigenvalue weighted by Crippen LogP contribution is -2.81. The zero-order valence-electron chi connectivity index (χ0n) is 18.1. The van der Waals surface area contributed by atoms with E-state index in [1.54, 1.807) is 25.3 Å². The Bertz CT molecular complexity index is 1160. The number of carboxylic acid groups (broad SMARTS) is 1. The van der Waals surface area contributed by atoms with Crippen molar-refractivity contribution in [2.24, 2.45) is 0 Å². The highest BCUT2D eigenvalue weighted by molar-refractivity contribution is 5.95. The number of ether oxygens (including phenoxy) is 3. The summed E-state index contributed by atoms with van der Waals surface area (Å²) in [7, 11) is 1.61. The van der Waals surface area contributed by atoms with Crippen molar-refractivity contribution in [3.05, 3.63) is 88.5 Å². The third kappa shape index (κ3) is 5.07. The third-order valence-electron chi connectivity index (χ3n) is 5.43. The van der Waals surface area contributed by atoms with E-state index in [1.165, 1.54) is 0 Å². The fraction of sp³-hybridized carbons (Fsp3) is 0.200. The van der Waals surface area contributed by atoms with E-state index in [0.717, 1.165) is 16.9 Å². The zero-order chi connectivity index (χ0) is 23.2. The highest BCUT2D eigenvalue weighted by atomic mass is 16.7. The number of aromatic carboxylic acids is 1. The van der Waals surface area contributed by atoms with Gasteiger partial charge < -0.3 is 34.7 Å². The number of carbonyl (C=O) groups is 2. The van der Waals surface area contributed by atoms with Gasteiger partial charge in [-0.15, -0.1) is 0 Å². The average Bonchev–Trinajstić information content (AvgIpc) is 3.31. The molecule has 0 saturated heterocycles. The average molecular weight is 448 g/mol. The Hall–Kier alpha value is -4.04. The summed E-state index contributed by atoms with van der Waals surface area (Å²) in [6.07, 6.45) is 0. The van der Waals surface area contributed by atoms with Crippen LogP contribution in [0.3, 0.4) is 0 Å². The number of carboxylic acids is 1. The number of amides is 1. The summed E-state index contributed by atoms with van der Waals surface area (Å²) in [5.41, 5.74) is 2.96. The fourth-order valence-electron chi connectivity index (χ4n) is 3.73. The number of carbonyl (C=O) groups excluding carboxylic acids is 2. The van der Waals surface area contributed by atoms with Crippen LogP contribution in [-0.2, 0) is 19.6 Å². The molecule has 8 nitrogen and oxygen atoms in total. The summed E-state index contributed by atoms with van der Waals surface area (Å²) in [5.74, 6) is -0.112. The Morgan fingerprint density at radius 2 is 1.76 bits per heavy atom. The number of nitrogens with one attached hydrogen (secondary N) is 1. The van der Waals surface area contributed by atoms with Crippen LogP contribution in [0.15, 0.2) is 60.7 Å². The van der Waals surface area contributed by atoms with Crippen LogP contribution < -0.4 is 30.0 Å². The first-order valence-corrected chi connectivity index (χ1v) is 10.5. The summed E-state index contributed by atoms with van der Waals surface area (Å²) in [4.78, 5) is 24.5. The standard InChI is InChI=1S/C25H24N2O6/c1-31-19-9-6-16(7-10-19)12-27-24(28)20-5-3-2-4-17(20)13-26-14-18-8-11-21-23(33-15-32-21)22(18)25(29)30/h2-11,26H,12-15H2,1H3,(H,27,28)(H,29,30). The lowest BCUT2D eigenvalue weighted by atomic mass is 10.0. The summed E-state index contributed by atoms with van der Waals surface area (Å²) in [6, 6.07) is 18.2.